The fraction of sp³-hybridized carbons (Fsp3) is 0.467. The molecule has 3 amide bonds. The van der Waals surface area contributed by atoms with Gasteiger partial charge in [-0.15, -0.1) is 0 Å². The fourth-order valence-corrected chi connectivity index (χ4v) is 2.60. The smallest absolute Gasteiger partial charge is 0.318 e. The zero-order chi connectivity index (χ0) is 15.2. The first-order valence-electron chi connectivity index (χ1n) is 7.19. The van der Waals surface area contributed by atoms with Crippen molar-refractivity contribution in [1.29, 1.82) is 0 Å². The Morgan fingerprint density at radius 3 is 2.95 bits per heavy atom. The second-order valence-corrected chi connectivity index (χ2v) is 5.07. The number of urea groups is 1. The lowest BCUT2D eigenvalue weighted by molar-refractivity contribution is -0.121. The maximum atomic E-state index is 11.4. The number of ether oxygens (including phenoxy) is 1. The first-order valence-corrected chi connectivity index (χ1v) is 7.19. The molecule has 1 aliphatic rings. The number of nitrogens with one attached hydrogen (secondary N) is 2. The van der Waals surface area contributed by atoms with Crippen LogP contribution in [-0.2, 0) is 11.2 Å². The SMILES string of the molecule is CCCNC1CCc2c(OCC(=O)NC(N)=O)cccc21. The van der Waals surface area contributed by atoms with Crippen LogP contribution >= 0.6 is 0 Å². The highest BCUT2D eigenvalue weighted by molar-refractivity contribution is 5.94. The van der Waals surface area contributed by atoms with Crippen LogP contribution in [0, 0.1) is 0 Å². The standard InChI is InChI=1S/C15H21N3O3/c1-2-8-17-12-7-6-11-10(12)4-3-5-13(11)21-9-14(19)18-15(16)20/h3-5,12,17H,2,6-9H2,1H3,(H3,16,18,19,20). The lowest BCUT2D eigenvalue weighted by Crippen LogP contribution is -2.38. The largest absolute Gasteiger partial charge is 0.483 e. The summed E-state index contributed by atoms with van der Waals surface area (Å²) in [5.74, 6) is 0.159. The molecule has 2 rings (SSSR count). The summed E-state index contributed by atoms with van der Waals surface area (Å²) >= 11 is 0. The van der Waals surface area contributed by atoms with Crippen LogP contribution in [0.25, 0.3) is 0 Å². The van der Waals surface area contributed by atoms with E-state index in [0.717, 1.165) is 31.4 Å². The van der Waals surface area contributed by atoms with Gasteiger partial charge in [-0.2, -0.15) is 0 Å². The van der Waals surface area contributed by atoms with Gasteiger partial charge in [-0.05, 0) is 43.0 Å². The van der Waals surface area contributed by atoms with Crippen molar-refractivity contribution in [3.05, 3.63) is 29.3 Å². The Morgan fingerprint density at radius 1 is 1.43 bits per heavy atom. The Bertz CT molecular complexity index is 531. The molecular formula is C15H21N3O3. The van der Waals surface area contributed by atoms with Gasteiger partial charge in [0, 0.05) is 6.04 Å². The van der Waals surface area contributed by atoms with Crippen LogP contribution in [0.4, 0.5) is 4.79 Å². The van der Waals surface area contributed by atoms with E-state index >= 15 is 0 Å². The number of hydrogen-bond donors (Lipinski definition) is 3. The number of rotatable bonds is 6. The Morgan fingerprint density at radius 2 is 2.24 bits per heavy atom. The monoisotopic (exact) mass is 291 g/mol. The molecule has 0 aliphatic heterocycles. The van der Waals surface area contributed by atoms with E-state index in [1.165, 1.54) is 5.56 Å². The van der Waals surface area contributed by atoms with Gasteiger partial charge in [0.2, 0.25) is 0 Å². The van der Waals surface area contributed by atoms with Crippen molar-refractivity contribution in [2.45, 2.75) is 32.2 Å². The molecule has 6 nitrogen and oxygen atoms in total. The van der Waals surface area contributed by atoms with Crippen molar-refractivity contribution >= 4 is 11.9 Å². The zero-order valence-corrected chi connectivity index (χ0v) is 12.1. The van der Waals surface area contributed by atoms with E-state index in [9.17, 15) is 9.59 Å². The molecule has 0 fully saturated rings. The van der Waals surface area contributed by atoms with E-state index in [1.807, 2.05) is 17.4 Å². The number of nitrogens with two attached hydrogens (primary N) is 1. The molecule has 1 aliphatic carbocycles. The van der Waals surface area contributed by atoms with Gasteiger partial charge in [0.15, 0.2) is 6.61 Å². The van der Waals surface area contributed by atoms with Crippen molar-refractivity contribution in [2.24, 2.45) is 5.73 Å². The van der Waals surface area contributed by atoms with Crippen molar-refractivity contribution in [3.63, 3.8) is 0 Å². The van der Waals surface area contributed by atoms with Gasteiger partial charge in [-0.3, -0.25) is 10.1 Å². The summed E-state index contributed by atoms with van der Waals surface area (Å²) in [6.45, 7) is 2.91. The quantitative estimate of drug-likeness (QED) is 0.735. The predicted molar refractivity (Wildman–Crippen MR) is 79.0 cm³/mol. The molecule has 1 aromatic rings. The molecule has 1 atom stereocenters. The summed E-state index contributed by atoms with van der Waals surface area (Å²) < 4.78 is 5.52. The molecule has 6 heteroatoms. The summed E-state index contributed by atoms with van der Waals surface area (Å²) in [6.07, 6.45) is 3.04. The fourth-order valence-electron chi connectivity index (χ4n) is 2.60. The number of fused-ring (bicyclic) bond motifs is 1. The van der Waals surface area contributed by atoms with E-state index in [4.69, 9.17) is 10.5 Å². The maximum absolute atomic E-state index is 11.4. The van der Waals surface area contributed by atoms with Crippen LogP contribution in [0.3, 0.4) is 0 Å². The first-order chi connectivity index (χ1) is 10.1. The molecule has 0 bridgehead atoms. The highest BCUT2D eigenvalue weighted by Gasteiger charge is 2.24. The molecule has 0 saturated heterocycles. The maximum Gasteiger partial charge on any atom is 0.318 e. The molecule has 1 unspecified atom stereocenters. The second-order valence-electron chi connectivity index (χ2n) is 5.07. The van der Waals surface area contributed by atoms with E-state index in [0.29, 0.717) is 11.8 Å². The number of benzene rings is 1. The molecule has 0 spiro atoms. The van der Waals surface area contributed by atoms with Crippen molar-refractivity contribution < 1.29 is 14.3 Å². The van der Waals surface area contributed by atoms with Crippen LogP contribution in [0.5, 0.6) is 5.75 Å². The molecule has 0 heterocycles. The lowest BCUT2D eigenvalue weighted by atomic mass is 10.1. The third kappa shape index (κ3) is 3.95. The van der Waals surface area contributed by atoms with Crippen LogP contribution in [0.2, 0.25) is 0 Å². The summed E-state index contributed by atoms with van der Waals surface area (Å²) in [5.41, 5.74) is 7.25. The van der Waals surface area contributed by atoms with E-state index in [2.05, 4.69) is 18.3 Å². The van der Waals surface area contributed by atoms with E-state index < -0.39 is 11.9 Å². The van der Waals surface area contributed by atoms with Gasteiger partial charge in [-0.25, -0.2) is 4.79 Å². The Labute approximate surface area is 124 Å². The number of hydrogen-bond acceptors (Lipinski definition) is 4. The zero-order valence-electron chi connectivity index (χ0n) is 12.1. The van der Waals surface area contributed by atoms with E-state index in [-0.39, 0.29) is 6.61 Å². The first kappa shape index (κ1) is 15.3. The average molecular weight is 291 g/mol. The predicted octanol–water partition coefficient (Wildman–Crippen LogP) is 1.25. The van der Waals surface area contributed by atoms with Gasteiger partial charge >= 0.3 is 6.03 Å². The molecule has 0 radical (unpaired) electrons. The summed E-state index contributed by atoms with van der Waals surface area (Å²) in [4.78, 5) is 22.0. The Hall–Kier alpha value is -2.08. The molecule has 114 valence electrons. The minimum atomic E-state index is -0.870. The Kier molecular flexibility index (Phi) is 5.16. The Balaban J connectivity index is 2.01. The van der Waals surface area contributed by atoms with Gasteiger partial charge in [0.1, 0.15) is 5.75 Å². The van der Waals surface area contributed by atoms with Crippen molar-refractivity contribution in [2.75, 3.05) is 13.2 Å². The second kappa shape index (κ2) is 7.08. The third-order valence-electron chi connectivity index (χ3n) is 3.49. The molecule has 1 aromatic carbocycles. The number of carbonyl (C=O) groups excluding carboxylic acids is 2. The molecule has 21 heavy (non-hydrogen) atoms. The van der Waals surface area contributed by atoms with E-state index in [1.54, 1.807) is 0 Å². The summed E-state index contributed by atoms with van der Waals surface area (Å²) in [6, 6.07) is 5.34. The minimum Gasteiger partial charge on any atom is -0.483 e. The van der Waals surface area contributed by atoms with Crippen molar-refractivity contribution in [3.8, 4) is 5.75 Å². The number of amides is 3. The minimum absolute atomic E-state index is 0.216. The average Bonchev–Trinajstić information content (AvgIpc) is 2.86. The van der Waals surface area contributed by atoms with Gasteiger partial charge in [0.05, 0.1) is 0 Å². The normalized spacial score (nSPS) is 16.3. The highest BCUT2D eigenvalue weighted by atomic mass is 16.5. The number of carbonyl (C=O) groups is 2. The summed E-state index contributed by atoms with van der Waals surface area (Å²) in [7, 11) is 0. The number of imide groups is 1. The third-order valence-corrected chi connectivity index (χ3v) is 3.49. The van der Waals surface area contributed by atoms with Crippen LogP contribution in [0.1, 0.15) is 36.9 Å². The molecule has 0 aromatic heterocycles. The highest BCUT2D eigenvalue weighted by Crippen LogP contribution is 2.36. The van der Waals surface area contributed by atoms with Gasteiger partial charge in [0.25, 0.3) is 5.91 Å². The van der Waals surface area contributed by atoms with Crippen LogP contribution in [0.15, 0.2) is 18.2 Å². The molecular weight excluding hydrogens is 270 g/mol. The van der Waals surface area contributed by atoms with Crippen LogP contribution in [-0.4, -0.2) is 25.1 Å². The van der Waals surface area contributed by atoms with Gasteiger partial charge < -0.3 is 15.8 Å². The number of primary amides is 1. The molecule has 0 saturated carbocycles. The lowest BCUT2D eigenvalue weighted by Gasteiger charge is -2.14. The molecule has 4 N–H and O–H groups in total. The van der Waals surface area contributed by atoms with Crippen LogP contribution < -0.4 is 21.1 Å². The topological polar surface area (TPSA) is 93.4 Å². The summed E-state index contributed by atoms with van der Waals surface area (Å²) in [5, 5.41) is 5.49. The van der Waals surface area contributed by atoms with Crippen molar-refractivity contribution in [1.82, 2.24) is 10.6 Å². The van der Waals surface area contributed by atoms with Gasteiger partial charge in [-0.1, -0.05) is 19.1 Å².